The number of piperidine rings is 2. The summed E-state index contributed by atoms with van der Waals surface area (Å²) in [5, 5.41) is 0. The number of likely N-dealkylation sites (N-methyl/N-ethyl adjacent to an activating group) is 1. The second kappa shape index (κ2) is 5.54. The first-order chi connectivity index (χ1) is 10.2. The lowest BCUT2D eigenvalue weighted by molar-refractivity contribution is -0.144. The third-order valence-electron chi connectivity index (χ3n) is 4.80. The summed E-state index contributed by atoms with van der Waals surface area (Å²) < 4.78 is 5.23. The van der Waals surface area contributed by atoms with E-state index in [9.17, 15) is 9.59 Å². The Hall–Kier alpha value is -1.78. The molecule has 2 aliphatic heterocycles. The van der Waals surface area contributed by atoms with Crippen molar-refractivity contribution in [2.45, 2.75) is 44.6 Å². The third kappa shape index (κ3) is 2.45. The lowest BCUT2D eigenvalue weighted by Crippen LogP contribution is -2.63. The predicted molar refractivity (Wildman–Crippen MR) is 77.8 cm³/mol. The van der Waals surface area contributed by atoms with Gasteiger partial charge in [0.05, 0.1) is 11.8 Å². The Balaban J connectivity index is 1.81. The quantitative estimate of drug-likeness (QED) is 0.839. The Morgan fingerprint density at radius 1 is 1.38 bits per heavy atom. The minimum absolute atomic E-state index is 0.0619. The molecule has 0 saturated carbocycles. The van der Waals surface area contributed by atoms with Crippen LogP contribution in [0.1, 0.15) is 49.6 Å². The Morgan fingerprint density at radius 3 is 2.90 bits per heavy atom. The minimum Gasteiger partial charge on any atom is -0.459 e. The number of hydrogen-bond acceptors (Lipinski definition) is 3. The summed E-state index contributed by atoms with van der Waals surface area (Å²) in [6.07, 6.45) is 6.02. The molecule has 3 heterocycles. The van der Waals surface area contributed by atoms with E-state index in [0.29, 0.717) is 18.7 Å². The molecule has 2 amide bonds. The topological polar surface area (TPSA) is 53.8 Å². The van der Waals surface area contributed by atoms with Crippen molar-refractivity contribution in [3.8, 4) is 0 Å². The minimum atomic E-state index is -0.162. The average molecular weight is 290 g/mol. The summed E-state index contributed by atoms with van der Waals surface area (Å²) in [4.78, 5) is 28.5. The molecule has 1 aromatic rings. The van der Waals surface area contributed by atoms with Gasteiger partial charge in [-0.25, -0.2) is 0 Å². The van der Waals surface area contributed by atoms with Crippen LogP contribution in [0.2, 0.25) is 0 Å². The van der Waals surface area contributed by atoms with E-state index in [4.69, 9.17) is 4.42 Å². The SMILES string of the molecule is CCN1C(=O)CCC[C@]12CCCN(C(=O)c1ccco1)C2. The van der Waals surface area contributed by atoms with Crippen LogP contribution in [0.3, 0.4) is 0 Å². The average Bonchev–Trinajstić information content (AvgIpc) is 3.01. The largest absolute Gasteiger partial charge is 0.459 e. The van der Waals surface area contributed by atoms with Crippen LogP contribution in [0.25, 0.3) is 0 Å². The molecule has 0 N–H and O–H groups in total. The van der Waals surface area contributed by atoms with Gasteiger partial charge in [-0.2, -0.15) is 0 Å². The highest BCUT2D eigenvalue weighted by Crippen LogP contribution is 2.36. The van der Waals surface area contributed by atoms with Crippen LogP contribution in [0.15, 0.2) is 22.8 Å². The second-order valence-electron chi connectivity index (χ2n) is 6.02. The van der Waals surface area contributed by atoms with Crippen LogP contribution < -0.4 is 0 Å². The van der Waals surface area contributed by atoms with Gasteiger partial charge in [-0.1, -0.05) is 0 Å². The van der Waals surface area contributed by atoms with Crippen LogP contribution in [0.4, 0.5) is 0 Å². The number of hydrogen-bond donors (Lipinski definition) is 0. The van der Waals surface area contributed by atoms with Gasteiger partial charge in [0.15, 0.2) is 5.76 Å². The van der Waals surface area contributed by atoms with Crippen molar-refractivity contribution in [3.05, 3.63) is 24.2 Å². The summed E-state index contributed by atoms with van der Waals surface area (Å²) >= 11 is 0. The van der Waals surface area contributed by atoms with Crippen molar-refractivity contribution >= 4 is 11.8 Å². The van der Waals surface area contributed by atoms with Crippen molar-refractivity contribution in [2.75, 3.05) is 19.6 Å². The standard InChI is InChI=1S/C16H22N2O3/c1-2-18-14(19)7-3-8-16(18)9-5-10-17(12-16)15(20)13-6-4-11-21-13/h4,6,11H,2-3,5,7-10,12H2,1H3/t16-/m1/s1. The van der Waals surface area contributed by atoms with Crippen molar-refractivity contribution in [1.82, 2.24) is 9.80 Å². The number of nitrogens with zero attached hydrogens (tertiary/aromatic N) is 2. The van der Waals surface area contributed by atoms with Crippen LogP contribution in [0.5, 0.6) is 0 Å². The molecule has 2 saturated heterocycles. The molecule has 1 aromatic heterocycles. The monoisotopic (exact) mass is 290 g/mol. The van der Waals surface area contributed by atoms with Crippen LogP contribution in [-0.4, -0.2) is 46.8 Å². The Morgan fingerprint density at radius 2 is 2.19 bits per heavy atom. The number of carbonyl (C=O) groups excluding carboxylic acids is 2. The van der Waals surface area contributed by atoms with Gasteiger partial charge in [-0.15, -0.1) is 0 Å². The Kier molecular flexibility index (Phi) is 3.74. The van der Waals surface area contributed by atoms with Crippen molar-refractivity contribution < 1.29 is 14.0 Å². The van der Waals surface area contributed by atoms with E-state index >= 15 is 0 Å². The van der Waals surface area contributed by atoms with Gasteiger partial charge in [0.2, 0.25) is 5.91 Å². The van der Waals surface area contributed by atoms with E-state index in [-0.39, 0.29) is 17.4 Å². The number of likely N-dealkylation sites (tertiary alicyclic amines) is 2. The maximum absolute atomic E-state index is 12.5. The molecular formula is C16H22N2O3. The van der Waals surface area contributed by atoms with Crippen molar-refractivity contribution in [1.29, 1.82) is 0 Å². The van der Waals surface area contributed by atoms with Crippen molar-refractivity contribution in [3.63, 3.8) is 0 Å². The first-order valence-electron chi connectivity index (χ1n) is 7.79. The molecule has 1 atom stereocenters. The van der Waals surface area contributed by atoms with Gasteiger partial charge in [-0.05, 0) is 44.7 Å². The molecule has 0 unspecified atom stereocenters. The van der Waals surface area contributed by atoms with E-state index in [1.807, 2.05) is 16.7 Å². The summed E-state index contributed by atoms with van der Waals surface area (Å²) in [6.45, 7) is 4.12. The fourth-order valence-corrected chi connectivity index (χ4v) is 3.88. The highest BCUT2D eigenvalue weighted by Gasteiger charge is 2.45. The number of furan rings is 1. The Bertz CT molecular complexity index is 522. The van der Waals surface area contributed by atoms with Crippen LogP contribution in [0, 0.1) is 0 Å². The zero-order chi connectivity index (χ0) is 14.9. The van der Waals surface area contributed by atoms with E-state index in [1.165, 1.54) is 6.26 Å². The zero-order valence-electron chi connectivity index (χ0n) is 12.5. The van der Waals surface area contributed by atoms with Crippen LogP contribution in [-0.2, 0) is 4.79 Å². The second-order valence-corrected chi connectivity index (χ2v) is 6.02. The molecule has 0 aliphatic carbocycles. The van der Waals surface area contributed by atoms with Gasteiger partial charge < -0.3 is 14.2 Å². The predicted octanol–water partition coefficient (Wildman–Crippen LogP) is 2.29. The van der Waals surface area contributed by atoms with E-state index < -0.39 is 0 Å². The summed E-state index contributed by atoms with van der Waals surface area (Å²) in [7, 11) is 0. The molecule has 0 bridgehead atoms. The number of carbonyl (C=O) groups is 2. The highest BCUT2D eigenvalue weighted by atomic mass is 16.3. The summed E-state index contributed by atoms with van der Waals surface area (Å²) in [5.74, 6) is 0.557. The van der Waals surface area contributed by atoms with Crippen molar-refractivity contribution in [2.24, 2.45) is 0 Å². The van der Waals surface area contributed by atoms with E-state index in [1.54, 1.807) is 12.1 Å². The molecule has 3 rings (SSSR count). The third-order valence-corrected chi connectivity index (χ3v) is 4.80. The lowest BCUT2D eigenvalue weighted by atomic mass is 9.79. The maximum Gasteiger partial charge on any atom is 0.289 e. The van der Waals surface area contributed by atoms with Gasteiger partial charge >= 0.3 is 0 Å². The molecule has 2 aliphatic rings. The summed E-state index contributed by atoms with van der Waals surface area (Å²) in [6, 6.07) is 3.43. The molecule has 21 heavy (non-hydrogen) atoms. The fourth-order valence-electron chi connectivity index (χ4n) is 3.88. The molecular weight excluding hydrogens is 268 g/mol. The molecule has 114 valence electrons. The van der Waals surface area contributed by atoms with Crippen LogP contribution >= 0.6 is 0 Å². The number of rotatable bonds is 2. The molecule has 0 radical (unpaired) electrons. The molecule has 2 fully saturated rings. The fraction of sp³-hybridized carbons (Fsp3) is 0.625. The first kappa shape index (κ1) is 14.2. The van der Waals surface area contributed by atoms with E-state index in [2.05, 4.69) is 0 Å². The maximum atomic E-state index is 12.5. The normalized spacial score (nSPS) is 26.4. The highest BCUT2D eigenvalue weighted by molar-refractivity contribution is 5.91. The Labute approximate surface area is 124 Å². The van der Waals surface area contributed by atoms with Gasteiger partial charge in [0.25, 0.3) is 5.91 Å². The zero-order valence-corrected chi connectivity index (χ0v) is 12.5. The smallest absolute Gasteiger partial charge is 0.289 e. The molecule has 0 aromatic carbocycles. The van der Waals surface area contributed by atoms with Gasteiger partial charge in [0.1, 0.15) is 0 Å². The summed E-state index contributed by atoms with van der Waals surface area (Å²) in [5.41, 5.74) is -0.162. The first-order valence-corrected chi connectivity index (χ1v) is 7.79. The van der Waals surface area contributed by atoms with E-state index in [0.717, 1.165) is 38.8 Å². The van der Waals surface area contributed by atoms with Gasteiger partial charge in [-0.3, -0.25) is 9.59 Å². The van der Waals surface area contributed by atoms with Gasteiger partial charge in [0, 0.05) is 26.1 Å². The number of amides is 2. The molecule has 1 spiro atoms. The molecule has 5 nitrogen and oxygen atoms in total. The molecule has 5 heteroatoms. The lowest BCUT2D eigenvalue weighted by Gasteiger charge is -2.51.